The summed E-state index contributed by atoms with van der Waals surface area (Å²) in [4.78, 5) is 12.4. The number of sulfonamides is 1. The SMILES string of the molecule is COc1ccc(C(=O)Nc2ccc(S(=O)(=O)NC(C)C)cc2)cc1Br. The number of benzene rings is 2. The molecule has 0 aliphatic heterocycles. The van der Waals surface area contributed by atoms with Gasteiger partial charge in [0.1, 0.15) is 5.75 Å². The first kappa shape index (κ1) is 19.4. The molecule has 0 fully saturated rings. The minimum absolute atomic E-state index is 0.145. The Balaban J connectivity index is 2.13. The highest BCUT2D eigenvalue weighted by atomic mass is 79.9. The van der Waals surface area contributed by atoms with Gasteiger partial charge in [0.2, 0.25) is 10.0 Å². The third-order valence-corrected chi connectivity index (χ3v) is 5.52. The van der Waals surface area contributed by atoms with Gasteiger partial charge < -0.3 is 10.1 Å². The number of hydrogen-bond donors (Lipinski definition) is 2. The number of carbonyl (C=O) groups excluding carboxylic acids is 1. The van der Waals surface area contributed by atoms with Gasteiger partial charge in [0.25, 0.3) is 5.91 Å². The largest absolute Gasteiger partial charge is 0.496 e. The van der Waals surface area contributed by atoms with Crippen LogP contribution in [-0.2, 0) is 10.0 Å². The van der Waals surface area contributed by atoms with Crippen molar-refractivity contribution >= 4 is 37.5 Å². The zero-order valence-corrected chi connectivity index (χ0v) is 16.4. The second-order valence-electron chi connectivity index (χ2n) is 5.60. The van der Waals surface area contributed by atoms with Gasteiger partial charge in [-0.05, 0) is 72.2 Å². The van der Waals surface area contributed by atoms with Crippen LogP contribution < -0.4 is 14.8 Å². The van der Waals surface area contributed by atoms with Crippen molar-refractivity contribution in [2.45, 2.75) is 24.8 Å². The van der Waals surface area contributed by atoms with E-state index in [2.05, 4.69) is 26.0 Å². The van der Waals surface area contributed by atoms with Gasteiger partial charge in [-0.15, -0.1) is 0 Å². The zero-order chi connectivity index (χ0) is 18.6. The smallest absolute Gasteiger partial charge is 0.255 e. The van der Waals surface area contributed by atoms with Gasteiger partial charge in [-0.2, -0.15) is 0 Å². The van der Waals surface area contributed by atoms with Crippen LogP contribution in [0.5, 0.6) is 5.75 Å². The highest BCUT2D eigenvalue weighted by Crippen LogP contribution is 2.26. The fourth-order valence-corrected chi connectivity index (χ4v) is 3.90. The lowest BCUT2D eigenvalue weighted by Crippen LogP contribution is -2.30. The molecule has 0 unspecified atom stereocenters. The molecule has 0 saturated heterocycles. The van der Waals surface area contributed by atoms with E-state index >= 15 is 0 Å². The summed E-state index contributed by atoms with van der Waals surface area (Å²) in [6, 6.07) is 10.8. The first-order chi connectivity index (χ1) is 11.7. The van der Waals surface area contributed by atoms with Crippen molar-refractivity contribution in [2.75, 3.05) is 12.4 Å². The van der Waals surface area contributed by atoms with E-state index in [0.29, 0.717) is 21.5 Å². The number of methoxy groups -OCH3 is 1. The third-order valence-electron chi connectivity index (χ3n) is 3.23. The second kappa shape index (κ2) is 7.99. The van der Waals surface area contributed by atoms with Gasteiger partial charge in [-0.1, -0.05) is 0 Å². The predicted octanol–water partition coefficient (Wildman–Crippen LogP) is 3.40. The van der Waals surface area contributed by atoms with Crippen molar-refractivity contribution in [3.05, 3.63) is 52.5 Å². The quantitative estimate of drug-likeness (QED) is 0.740. The van der Waals surface area contributed by atoms with Crippen LogP contribution >= 0.6 is 15.9 Å². The Morgan fingerprint density at radius 3 is 2.28 bits per heavy atom. The Kier molecular flexibility index (Phi) is 6.21. The minimum Gasteiger partial charge on any atom is -0.496 e. The van der Waals surface area contributed by atoms with Crippen molar-refractivity contribution in [3.8, 4) is 5.75 Å². The third kappa shape index (κ3) is 5.04. The number of rotatable bonds is 6. The predicted molar refractivity (Wildman–Crippen MR) is 101 cm³/mol. The number of amides is 1. The van der Waals surface area contributed by atoms with Crippen LogP contribution in [0.3, 0.4) is 0 Å². The van der Waals surface area contributed by atoms with Gasteiger partial charge in [-0.25, -0.2) is 13.1 Å². The van der Waals surface area contributed by atoms with Crippen LogP contribution in [0.2, 0.25) is 0 Å². The summed E-state index contributed by atoms with van der Waals surface area (Å²) in [5, 5.41) is 2.73. The van der Waals surface area contributed by atoms with Crippen LogP contribution in [0.25, 0.3) is 0 Å². The minimum atomic E-state index is -3.55. The Labute approximate surface area is 155 Å². The summed E-state index contributed by atoms with van der Waals surface area (Å²) < 4.78 is 32.5. The highest BCUT2D eigenvalue weighted by Gasteiger charge is 2.15. The summed E-state index contributed by atoms with van der Waals surface area (Å²) in [6.07, 6.45) is 0. The molecule has 6 nitrogen and oxygen atoms in total. The summed E-state index contributed by atoms with van der Waals surface area (Å²) >= 11 is 3.33. The zero-order valence-electron chi connectivity index (χ0n) is 14.0. The summed E-state index contributed by atoms with van der Waals surface area (Å²) in [6.45, 7) is 3.50. The van der Waals surface area contributed by atoms with E-state index in [1.54, 1.807) is 51.3 Å². The van der Waals surface area contributed by atoms with Crippen LogP contribution in [0.4, 0.5) is 5.69 Å². The lowest BCUT2D eigenvalue weighted by Gasteiger charge is -2.11. The fraction of sp³-hybridized carbons (Fsp3) is 0.235. The molecule has 0 bridgehead atoms. The van der Waals surface area contributed by atoms with E-state index in [1.165, 1.54) is 12.1 Å². The van der Waals surface area contributed by atoms with Crippen molar-refractivity contribution in [3.63, 3.8) is 0 Å². The first-order valence-corrected chi connectivity index (χ1v) is 9.78. The Morgan fingerprint density at radius 1 is 1.12 bits per heavy atom. The van der Waals surface area contributed by atoms with E-state index in [-0.39, 0.29) is 16.8 Å². The molecule has 0 aromatic heterocycles. The lowest BCUT2D eigenvalue weighted by atomic mass is 10.2. The van der Waals surface area contributed by atoms with Crippen molar-refractivity contribution < 1.29 is 17.9 Å². The summed E-state index contributed by atoms with van der Waals surface area (Å²) in [5.74, 6) is 0.322. The molecule has 0 heterocycles. The van der Waals surface area contributed by atoms with E-state index in [9.17, 15) is 13.2 Å². The van der Waals surface area contributed by atoms with Gasteiger partial charge in [0.05, 0.1) is 16.5 Å². The molecular weight excluding hydrogens is 408 g/mol. The number of carbonyl (C=O) groups is 1. The van der Waals surface area contributed by atoms with E-state index in [1.807, 2.05) is 0 Å². The summed E-state index contributed by atoms with van der Waals surface area (Å²) in [7, 11) is -2.01. The maximum absolute atomic E-state index is 12.3. The molecule has 1 amide bonds. The molecule has 2 aromatic rings. The molecule has 0 aliphatic rings. The molecule has 2 rings (SSSR count). The van der Waals surface area contributed by atoms with Crippen molar-refractivity contribution in [2.24, 2.45) is 0 Å². The molecule has 0 atom stereocenters. The molecule has 0 aliphatic carbocycles. The Hall–Kier alpha value is -1.90. The van der Waals surface area contributed by atoms with Gasteiger partial charge in [0.15, 0.2) is 0 Å². The molecular formula is C17H19BrN2O4S. The second-order valence-corrected chi connectivity index (χ2v) is 8.17. The first-order valence-electron chi connectivity index (χ1n) is 7.50. The van der Waals surface area contributed by atoms with Crippen molar-refractivity contribution in [1.82, 2.24) is 4.72 Å². The molecule has 134 valence electrons. The van der Waals surface area contributed by atoms with Crippen LogP contribution in [0, 0.1) is 0 Å². The Morgan fingerprint density at radius 2 is 1.76 bits per heavy atom. The fourth-order valence-electron chi connectivity index (χ4n) is 2.11. The molecule has 0 spiro atoms. The normalized spacial score (nSPS) is 11.4. The topological polar surface area (TPSA) is 84.5 Å². The summed E-state index contributed by atoms with van der Waals surface area (Å²) in [5.41, 5.74) is 0.950. The van der Waals surface area contributed by atoms with E-state index in [0.717, 1.165) is 0 Å². The lowest BCUT2D eigenvalue weighted by molar-refractivity contribution is 0.102. The molecule has 2 N–H and O–H groups in total. The van der Waals surface area contributed by atoms with E-state index in [4.69, 9.17) is 4.74 Å². The molecule has 2 aromatic carbocycles. The maximum Gasteiger partial charge on any atom is 0.255 e. The maximum atomic E-state index is 12.3. The van der Waals surface area contributed by atoms with Gasteiger partial charge in [-0.3, -0.25) is 4.79 Å². The molecule has 25 heavy (non-hydrogen) atoms. The molecule has 8 heteroatoms. The van der Waals surface area contributed by atoms with Crippen LogP contribution in [0.1, 0.15) is 24.2 Å². The Bertz CT molecular complexity index is 865. The molecule has 0 saturated carbocycles. The standard InChI is InChI=1S/C17H19BrN2O4S/c1-11(2)20-25(22,23)14-7-5-13(6-8-14)19-17(21)12-4-9-16(24-3)15(18)10-12/h4-11,20H,1-3H3,(H,19,21). The average molecular weight is 427 g/mol. The number of hydrogen-bond acceptors (Lipinski definition) is 4. The van der Waals surface area contributed by atoms with Crippen LogP contribution in [0.15, 0.2) is 51.8 Å². The van der Waals surface area contributed by atoms with Crippen molar-refractivity contribution in [1.29, 1.82) is 0 Å². The average Bonchev–Trinajstić information content (AvgIpc) is 2.54. The number of halogens is 1. The highest BCUT2D eigenvalue weighted by molar-refractivity contribution is 9.10. The number of nitrogens with one attached hydrogen (secondary N) is 2. The van der Waals surface area contributed by atoms with Crippen LogP contribution in [-0.4, -0.2) is 27.5 Å². The number of anilines is 1. The van der Waals surface area contributed by atoms with Gasteiger partial charge >= 0.3 is 0 Å². The van der Waals surface area contributed by atoms with E-state index < -0.39 is 10.0 Å². The monoisotopic (exact) mass is 426 g/mol. The molecule has 0 radical (unpaired) electrons. The number of ether oxygens (including phenoxy) is 1. The van der Waals surface area contributed by atoms with Gasteiger partial charge in [0, 0.05) is 17.3 Å².